The third-order valence-corrected chi connectivity index (χ3v) is 2.95. The van der Waals surface area contributed by atoms with Gasteiger partial charge in [-0.15, -0.1) is 0 Å². The van der Waals surface area contributed by atoms with E-state index in [1.54, 1.807) is 30.6 Å². The molecule has 1 aliphatic rings. The van der Waals surface area contributed by atoms with Crippen molar-refractivity contribution < 1.29 is 23.4 Å². The Morgan fingerprint density at radius 1 is 1.45 bits per heavy atom. The van der Waals surface area contributed by atoms with E-state index >= 15 is 0 Å². The van der Waals surface area contributed by atoms with Gasteiger partial charge in [0.15, 0.2) is 6.29 Å². The summed E-state index contributed by atoms with van der Waals surface area (Å²) in [6.07, 6.45) is 5.32. The van der Waals surface area contributed by atoms with Crippen molar-refractivity contribution in [3.63, 3.8) is 0 Å². The lowest BCUT2D eigenvalue weighted by Crippen LogP contribution is -2.25. The molecule has 1 aromatic rings. The molecule has 107 valence electrons. The van der Waals surface area contributed by atoms with Gasteiger partial charge >= 0.3 is 0 Å². The highest BCUT2D eigenvalue weighted by molar-refractivity contribution is 6.08. The number of ether oxygens (including phenoxy) is 3. The lowest BCUT2D eigenvalue weighted by molar-refractivity contribution is -0.106. The lowest BCUT2D eigenvalue weighted by Gasteiger charge is -2.24. The van der Waals surface area contributed by atoms with Crippen LogP contribution in [0.25, 0.3) is 5.57 Å². The highest BCUT2D eigenvalue weighted by Crippen LogP contribution is 2.27. The van der Waals surface area contributed by atoms with E-state index < -0.39 is 6.86 Å². The Bertz CT molecular complexity index is 467. The number of halogens is 1. The highest BCUT2D eigenvalue weighted by atomic mass is 19.1. The Balaban J connectivity index is 2.18. The second-order valence-electron chi connectivity index (χ2n) is 4.32. The molecule has 5 heteroatoms. The van der Waals surface area contributed by atoms with Crippen molar-refractivity contribution in [2.75, 3.05) is 13.5 Å². The molecule has 0 saturated carbocycles. The zero-order valence-corrected chi connectivity index (χ0v) is 11.0. The monoisotopic (exact) mass is 279 g/mol. The van der Waals surface area contributed by atoms with Crippen LogP contribution in [0.1, 0.15) is 24.8 Å². The van der Waals surface area contributed by atoms with Crippen molar-refractivity contribution in [1.82, 2.24) is 0 Å². The lowest BCUT2D eigenvalue weighted by atomic mass is 10.1. The molecule has 0 bridgehead atoms. The highest BCUT2D eigenvalue weighted by Gasteiger charge is 2.18. The molecule has 0 N–H and O–H groups in total. The number of hydrogen-bond donors (Lipinski definition) is 0. The summed E-state index contributed by atoms with van der Waals surface area (Å²) in [5, 5.41) is 0. The van der Waals surface area contributed by atoms with Crippen LogP contribution in [-0.2, 0) is 14.3 Å². The number of allylic oxidation sites excluding steroid dienone is 1. The van der Waals surface area contributed by atoms with Gasteiger partial charge in [-0.1, -0.05) is 18.2 Å². The van der Waals surface area contributed by atoms with Crippen molar-refractivity contribution in [3.05, 3.63) is 36.1 Å². The van der Waals surface area contributed by atoms with Crippen LogP contribution in [0.5, 0.6) is 5.75 Å². The fourth-order valence-corrected chi connectivity index (χ4v) is 2.00. The first-order valence-electron chi connectivity index (χ1n) is 6.48. The molecule has 0 aromatic heterocycles. The Hall–Kier alpha value is -1.88. The molecule has 1 radical (unpaired) electrons. The van der Waals surface area contributed by atoms with E-state index in [1.807, 2.05) is 0 Å². The van der Waals surface area contributed by atoms with Crippen LogP contribution in [0.15, 0.2) is 30.5 Å². The molecule has 0 aliphatic carbocycles. The van der Waals surface area contributed by atoms with Gasteiger partial charge in [0.1, 0.15) is 5.75 Å². The average Bonchev–Trinajstić information content (AvgIpc) is 2.50. The Morgan fingerprint density at radius 2 is 2.30 bits per heavy atom. The van der Waals surface area contributed by atoms with E-state index in [0.717, 1.165) is 25.5 Å². The topological polar surface area (TPSA) is 44.8 Å². The molecule has 1 saturated heterocycles. The van der Waals surface area contributed by atoms with Crippen molar-refractivity contribution in [2.24, 2.45) is 0 Å². The van der Waals surface area contributed by atoms with Gasteiger partial charge in [-0.05, 0) is 18.9 Å². The first-order chi connectivity index (χ1) is 9.85. The van der Waals surface area contributed by atoms with Crippen LogP contribution < -0.4 is 4.74 Å². The maximum Gasteiger partial charge on any atom is 0.237 e. The van der Waals surface area contributed by atoms with Crippen molar-refractivity contribution in [3.8, 4) is 5.75 Å². The predicted molar refractivity (Wildman–Crippen MR) is 71.4 cm³/mol. The van der Waals surface area contributed by atoms with E-state index in [0.29, 0.717) is 17.9 Å². The molecule has 0 spiro atoms. The summed E-state index contributed by atoms with van der Waals surface area (Å²) in [5.74, 6) is 0.497. The molecular formula is C15H16FO4. The number of rotatable bonds is 6. The molecular weight excluding hydrogens is 263 g/mol. The second kappa shape index (κ2) is 7.65. The van der Waals surface area contributed by atoms with Gasteiger partial charge in [-0.2, -0.15) is 0 Å². The minimum absolute atomic E-state index is 0.106. The van der Waals surface area contributed by atoms with Crippen LogP contribution in [-0.4, -0.2) is 26.0 Å². The summed E-state index contributed by atoms with van der Waals surface area (Å²) in [6.45, 7) is -0.333. The average molecular weight is 279 g/mol. The standard InChI is InChI=1S/C15H16FO4/c16-11-18-10-12(9-17)13-5-1-2-6-14(13)20-15-7-3-4-8-19-15/h1-2,5-6,10,15H,3-4,7-8,11H2. The van der Waals surface area contributed by atoms with Gasteiger partial charge in [0.2, 0.25) is 13.1 Å². The zero-order valence-electron chi connectivity index (χ0n) is 11.0. The summed E-state index contributed by atoms with van der Waals surface area (Å²) >= 11 is 0. The molecule has 1 aliphatic heterocycles. The minimum atomic E-state index is -1.00. The quantitative estimate of drug-likeness (QED) is 0.593. The Kier molecular flexibility index (Phi) is 5.55. The van der Waals surface area contributed by atoms with Gasteiger partial charge in [-0.3, -0.25) is 4.79 Å². The molecule has 1 heterocycles. The predicted octanol–water partition coefficient (Wildman–Crippen LogP) is 2.99. The first-order valence-corrected chi connectivity index (χ1v) is 6.48. The minimum Gasteiger partial charge on any atom is -0.470 e. The second-order valence-corrected chi connectivity index (χ2v) is 4.32. The number of benzene rings is 1. The molecule has 0 amide bonds. The molecule has 1 fully saturated rings. The van der Waals surface area contributed by atoms with E-state index in [1.165, 1.54) is 0 Å². The van der Waals surface area contributed by atoms with Crippen LogP contribution >= 0.6 is 0 Å². The Labute approximate surface area is 117 Å². The summed E-state index contributed by atoms with van der Waals surface area (Å²) in [7, 11) is 0. The van der Waals surface area contributed by atoms with Gasteiger partial charge in [0, 0.05) is 12.0 Å². The van der Waals surface area contributed by atoms with E-state index in [9.17, 15) is 9.18 Å². The number of para-hydroxylation sites is 1. The molecule has 4 nitrogen and oxygen atoms in total. The smallest absolute Gasteiger partial charge is 0.237 e. The van der Waals surface area contributed by atoms with Crippen LogP contribution in [0.2, 0.25) is 0 Å². The van der Waals surface area contributed by atoms with E-state index in [-0.39, 0.29) is 11.9 Å². The molecule has 1 unspecified atom stereocenters. The van der Waals surface area contributed by atoms with E-state index in [2.05, 4.69) is 4.74 Å². The van der Waals surface area contributed by atoms with Crippen molar-refractivity contribution in [2.45, 2.75) is 25.6 Å². The fourth-order valence-electron chi connectivity index (χ4n) is 2.00. The fraction of sp³-hybridized carbons (Fsp3) is 0.400. The third kappa shape index (κ3) is 3.81. The van der Waals surface area contributed by atoms with Crippen molar-refractivity contribution >= 4 is 11.9 Å². The SMILES string of the molecule is O=[C]C(=COCF)c1ccccc1OC1CCCCO1. The molecule has 1 aromatic carbocycles. The summed E-state index contributed by atoms with van der Waals surface area (Å²) in [4.78, 5) is 11.0. The largest absolute Gasteiger partial charge is 0.470 e. The first kappa shape index (κ1) is 14.5. The maximum atomic E-state index is 12.0. The van der Waals surface area contributed by atoms with Gasteiger partial charge in [-0.25, -0.2) is 4.39 Å². The van der Waals surface area contributed by atoms with Crippen LogP contribution in [0.3, 0.4) is 0 Å². The number of alkyl halides is 1. The third-order valence-electron chi connectivity index (χ3n) is 2.95. The zero-order chi connectivity index (χ0) is 14.2. The normalized spacial score (nSPS) is 19.4. The summed E-state index contributed by atoms with van der Waals surface area (Å²) < 4.78 is 27.8. The van der Waals surface area contributed by atoms with E-state index in [4.69, 9.17) is 9.47 Å². The van der Waals surface area contributed by atoms with Crippen molar-refractivity contribution in [1.29, 1.82) is 0 Å². The summed E-state index contributed by atoms with van der Waals surface area (Å²) in [5.41, 5.74) is 0.610. The summed E-state index contributed by atoms with van der Waals surface area (Å²) in [6, 6.07) is 6.97. The van der Waals surface area contributed by atoms with Crippen LogP contribution in [0, 0.1) is 0 Å². The maximum absolute atomic E-state index is 12.0. The molecule has 20 heavy (non-hydrogen) atoms. The van der Waals surface area contributed by atoms with Gasteiger partial charge in [0.25, 0.3) is 0 Å². The van der Waals surface area contributed by atoms with Gasteiger partial charge < -0.3 is 14.2 Å². The Morgan fingerprint density at radius 3 is 3.00 bits per heavy atom. The van der Waals surface area contributed by atoms with Gasteiger partial charge in [0.05, 0.1) is 18.4 Å². The number of carbonyl (C=O) groups excluding carboxylic acids is 1. The molecule has 2 rings (SSSR count). The molecule has 1 atom stereocenters. The number of hydrogen-bond acceptors (Lipinski definition) is 4. The van der Waals surface area contributed by atoms with Crippen LogP contribution in [0.4, 0.5) is 4.39 Å².